The Kier molecular flexibility index (Phi) is 4.85. The fourth-order valence-electron chi connectivity index (χ4n) is 2.44. The number of carbonyl (C=O) groups is 1. The molecule has 1 amide bonds. The predicted octanol–water partition coefficient (Wildman–Crippen LogP) is 1.65. The molecule has 0 atom stereocenters. The number of aryl methyl sites for hydroxylation is 1. The van der Waals surface area contributed by atoms with Crippen LogP contribution in [0, 0.1) is 12.8 Å². The van der Waals surface area contributed by atoms with Crippen LogP contribution in [-0.4, -0.2) is 45.8 Å². The van der Waals surface area contributed by atoms with Crippen molar-refractivity contribution in [3.05, 3.63) is 29.3 Å². The average molecular weight is 291 g/mol. The van der Waals surface area contributed by atoms with E-state index in [1.165, 1.54) is 12.1 Å². The number of aliphatic hydroxyl groups excluding tert-OH is 1. The molecular weight excluding hydrogens is 270 g/mol. The Morgan fingerprint density at radius 2 is 1.95 bits per heavy atom. The van der Waals surface area contributed by atoms with Gasteiger partial charge in [-0.2, -0.15) is 0 Å². The summed E-state index contributed by atoms with van der Waals surface area (Å²) in [5.41, 5.74) is 1.15. The Morgan fingerprint density at radius 1 is 1.29 bits per heavy atom. The first kappa shape index (κ1) is 15.4. The summed E-state index contributed by atoms with van der Waals surface area (Å²) in [6.07, 6.45) is 4.63. The molecule has 2 rings (SSSR count). The number of hydrogen-bond acceptors (Lipinski definition) is 4. The van der Waals surface area contributed by atoms with Crippen LogP contribution in [0.3, 0.4) is 0 Å². The van der Waals surface area contributed by atoms with Crippen LogP contribution in [0.1, 0.15) is 24.0 Å². The number of nitrogens with zero attached hydrogens (tertiary/aromatic N) is 1. The van der Waals surface area contributed by atoms with Crippen molar-refractivity contribution in [1.29, 1.82) is 0 Å². The molecule has 0 saturated carbocycles. The zero-order valence-electron chi connectivity index (χ0n) is 12.1. The third-order valence-corrected chi connectivity index (χ3v) is 3.94. The molecule has 5 nitrogen and oxygen atoms in total. The Labute approximate surface area is 124 Å². The van der Waals surface area contributed by atoms with Crippen LogP contribution in [0.4, 0.5) is 0 Å². The van der Waals surface area contributed by atoms with Crippen molar-refractivity contribution in [2.45, 2.75) is 19.8 Å². The van der Waals surface area contributed by atoms with Crippen LogP contribution in [0.5, 0.6) is 11.5 Å². The van der Waals surface area contributed by atoms with Crippen LogP contribution in [0.2, 0.25) is 0 Å². The minimum absolute atomic E-state index is 0.0297. The maximum Gasteiger partial charge on any atom is 0.246 e. The minimum Gasteiger partial charge on any atom is -0.508 e. The second-order valence-electron chi connectivity index (χ2n) is 5.48. The van der Waals surface area contributed by atoms with Crippen LogP contribution < -0.4 is 0 Å². The molecule has 1 aromatic carbocycles. The van der Waals surface area contributed by atoms with Crippen LogP contribution in [0.15, 0.2) is 18.2 Å². The SMILES string of the molecule is Cc1cc(/C=C/C(=O)N2CCC(CO)CC2)c(O)cc1O. The number of amides is 1. The Hall–Kier alpha value is -2.01. The summed E-state index contributed by atoms with van der Waals surface area (Å²) >= 11 is 0. The summed E-state index contributed by atoms with van der Waals surface area (Å²) < 4.78 is 0. The second kappa shape index (κ2) is 6.63. The molecule has 0 bridgehead atoms. The molecule has 0 spiro atoms. The van der Waals surface area contributed by atoms with E-state index >= 15 is 0 Å². The standard InChI is InChI=1S/C16H21NO4/c1-11-8-13(15(20)9-14(11)19)2-3-16(21)17-6-4-12(10-18)5-7-17/h2-3,8-9,12,18-20H,4-7,10H2,1H3/b3-2+. The van der Waals surface area contributed by atoms with Crippen molar-refractivity contribution >= 4 is 12.0 Å². The molecule has 1 fully saturated rings. The molecule has 0 aliphatic carbocycles. The van der Waals surface area contributed by atoms with Gasteiger partial charge in [-0.05, 0) is 43.4 Å². The van der Waals surface area contributed by atoms with Gasteiger partial charge < -0.3 is 20.2 Å². The number of phenolic OH excluding ortho intramolecular Hbond substituents is 2. The second-order valence-corrected chi connectivity index (χ2v) is 5.48. The summed E-state index contributed by atoms with van der Waals surface area (Å²) in [5, 5.41) is 28.3. The average Bonchev–Trinajstić information content (AvgIpc) is 2.49. The summed E-state index contributed by atoms with van der Waals surface area (Å²) in [6, 6.07) is 2.90. The highest BCUT2D eigenvalue weighted by atomic mass is 16.3. The lowest BCUT2D eigenvalue weighted by atomic mass is 9.98. The molecule has 0 unspecified atom stereocenters. The number of phenols is 2. The summed E-state index contributed by atoms with van der Waals surface area (Å²) in [5.74, 6) is 0.168. The molecule has 0 radical (unpaired) electrons. The topological polar surface area (TPSA) is 81.0 Å². The first-order valence-corrected chi connectivity index (χ1v) is 7.11. The lowest BCUT2D eigenvalue weighted by Gasteiger charge is -2.30. The molecule has 1 aliphatic heterocycles. The zero-order chi connectivity index (χ0) is 15.4. The van der Waals surface area contributed by atoms with E-state index < -0.39 is 0 Å². The van der Waals surface area contributed by atoms with Crippen molar-refractivity contribution in [3.63, 3.8) is 0 Å². The van der Waals surface area contributed by atoms with E-state index in [1.807, 2.05) is 0 Å². The number of piperidine rings is 1. The molecule has 1 heterocycles. The van der Waals surface area contributed by atoms with Crippen molar-refractivity contribution < 1.29 is 20.1 Å². The van der Waals surface area contributed by atoms with Gasteiger partial charge in [0.25, 0.3) is 0 Å². The third-order valence-electron chi connectivity index (χ3n) is 3.94. The van der Waals surface area contributed by atoms with Gasteiger partial charge in [-0.15, -0.1) is 0 Å². The van der Waals surface area contributed by atoms with E-state index in [2.05, 4.69) is 0 Å². The summed E-state index contributed by atoms with van der Waals surface area (Å²) in [6.45, 7) is 3.20. The number of rotatable bonds is 3. The molecule has 0 aromatic heterocycles. The molecule has 3 N–H and O–H groups in total. The van der Waals surface area contributed by atoms with Gasteiger partial charge in [-0.1, -0.05) is 0 Å². The largest absolute Gasteiger partial charge is 0.508 e. The predicted molar refractivity (Wildman–Crippen MR) is 79.9 cm³/mol. The molecule has 1 aromatic rings. The normalized spacial score (nSPS) is 16.6. The highest BCUT2D eigenvalue weighted by molar-refractivity contribution is 5.92. The number of carbonyl (C=O) groups excluding carboxylic acids is 1. The first-order valence-electron chi connectivity index (χ1n) is 7.11. The number of aromatic hydroxyl groups is 2. The lowest BCUT2D eigenvalue weighted by molar-refractivity contribution is -0.127. The van der Waals surface area contributed by atoms with Gasteiger partial charge in [0.2, 0.25) is 5.91 Å². The lowest BCUT2D eigenvalue weighted by Crippen LogP contribution is -2.38. The van der Waals surface area contributed by atoms with Crippen LogP contribution in [0.25, 0.3) is 6.08 Å². The van der Waals surface area contributed by atoms with E-state index in [1.54, 1.807) is 24.0 Å². The van der Waals surface area contributed by atoms with Crippen LogP contribution >= 0.6 is 0 Å². The molecular formula is C16H21NO4. The van der Waals surface area contributed by atoms with Gasteiger partial charge in [0, 0.05) is 37.4 Å². The van der Waals surface area contributed by atoms with Crippen molar-refractivity contribution in [2.24, 2.45) is 5.92 Å². The zero-order valence-corrected chi connectivity index (χ0v) is 12.1. The van der Waals surface area contributed by atoms with Gasteiger partial charge in [-0.25, -0.2) is 0 Å². The van der Waals surface area contributed by atoms with E-state index in [-0.39, 0.29) is 24.0 Å². The molecule has 5 heteroatoms. The summed E-state index contributed by atoms with van der Waals surface area (Å²) in [4.78, 5) is 13.8. The Balaban J connectivity index is 2.01. The van der Waals surface area contributed by atoms with E-state index in [0.717, 1.165) is 12.8 Å². The number of hydrogen-bond donors (Lipinski definition) is 3. The van der Waals surface area contributed by atoms with Gasteiger partial charge in [0.1, 0.15) is 11.5 Å². The van der Waals surface area contributed by atoms with Crippen molar-refractivity contribution in [3.8, 4) is 11.5 Å². The molecule has 1 saturated heterocycles. The number of likely N-dealkylation sites (tertiary alicyclic amines) is 1. The van der Waals surface area contributed by atoms with Gasteiger partial charge >= 0.3 is 0 Å². The first-order chi connectivity index (χ1) is 10.0. The third kappa shape index (κ3) is 3.76. The highest BCUT2D eigenvalue weighted by Gasteiger charge is 2.20. The maximum absolute atomic E-state index is 12.1. The van der Waals surface area contributed by atoms with Gasteiger partial charge in [-0.3, -0.25) is 4.79 Å². The quantitative estimate of drug-likeness (QED) is 0.740. The monoisotopic (exact) mass is 291 g/mol. The van der Waals surface area contributed by atoms with E-state index in [4.69, 9.17) is 5.11 Å². The maximum atomic E-state index is 12.1. The van der Waals surface area contributed by atoms with Gasteiger partial charge in [0.15, 0.2) is 0 Å². The Bertz CT molecular complexity index is 545. The van der Waals surface area contributed by atoms with Crippen molar-refractivity contribution in [1.82, 2.24) is 4.90 Å². The van der Waals surface area contributed by atoms with Crippen molar-refractivity contribution in [2.75, 3.05) is 19.7 Å². The molecule has 21 heavy (non-hydrogen) atoms. The number of benzene rings is 1. The molecule has 1 aliphatic rings. The van der Waals surface area contributed by atoms with E-state index in [0.29, 0.717) is 30.1 Å². The summed E-state index contributed by atoms with van der Waals surface area (Å²) in [7, 11) is 0. The number of aliphatic hydroxyl groups is 1. The van der Waals surface area contributed by atoms with Gasteiger partial charge in [0.05, 0.1) is 0 Å². The fourth-order valence-corrected chi connectivity index (χ4v) is 2.44. The van der Waals surface area contributed by atoms with Crippen LogP contribution in [-0.2, 0) is 4.79 Å². The highest BCUT2D eigenvalue weighted by Crippen LogP contribution is 2.27. The minimum atomic E-state index is -0.100. The Morgan fingerprint density at radius 3 is 2.57 bits per heavy atom. The fraction of sp³-hybridized carbons (Fsp3) is 0.438. The van der Waals surface area contributed by atoms with E-state index in [9.17, 15) is 15.0 Å². The molecule has 114 valence electrons. The smallest absolute Gasteiger partial charge is 0.246 e.